The van der Waals surface area contributed by atoms with Crippen LogP contribution in [0.25, 0.3) is 6.08 Å². The minimum atomic E-state index is -0.515. The third kappa shape index (κ3) is 5.46. The Balaban J connectivity index is 1.69. The van der Waals surface area contributed by atoms with Gasteiger partial charge in [-0.1, -0.05) is 17.7 Å². The Bertz CT molecular complexity index is 1060. The fourth-order valence-corrected chi connectivity index (χ4v) is 4.36. The van der Waals surface area contributed by atoms with E-state index in [-0.39, 0.29) is 11.4 Å². The van der Waals surface area contributed by atoms with Gasteiger partial charge in [-0.25, -0.2) is 0 Å². The van der Waals surface area contributed by atoms with Crippen molar-refractivity contribution < 1.29 is 19.1 Å². The summed E-state index contributed by atoms with van der Waals surface area (Å²) in [6.45, 7) is 2.03. The molecule has 0 bridgehead atoms. The highest BCUT2D eigenvalue weighted by Gasteiger charge is 2.36. The van der Waals surface area contributed by atoms with Gasteiger partial charge < -0.3 is 10.1 Å². The number of nitrogens with zero attached hydrogens (tertiary/aromatic N) is 1. The van der Waals surface area contributed by atoms with Crippen LogP contribution in [0.15, 0.2) is 50.2 Å². The van der Waals surface area contributed by atoms with Crippen LogP contribution in [0.1, 0.15) is 12.5 Å². The lowest BCUT2D eigenvalue weighted by molar-refractivity contribution is -0.127. The van der Waals surface area contributed by atoms with Gasteiger partial charge in [0.1, 0.15) is 12.3 Å². The van der Waals surface area contributed by atoms with Crippen LogP contribution >= 0.6 is 55.2 Å². The molecule has 3 rings (SSSR count). The Morgan fingerprint density at radius 2 is 1.97 bits per heavy atom. The van der Waals surface area contributed by atoms with Gasteiger partial charge in [-0.15, -0.1) is 0 Å². The number of rotatable bonds is 6. The summed E-state index contributed by atoms with van der Waals surface area (Å²) in [5.74, 6) is -0.327. The van der Waals surface area contributed by atoms with Crippen LogP contribution in [-0.4, -0.2) is 35.1 Å². The van der Waals surface area contributed by atoms with Crippen molar-refractivity contribution in [3.63, 3.8) is 0 Å². The van der Waals surface area contributed by atoms with E-state index in [2.05, 4.69) is 37.2 Å². The van der Waals surface area contributed by atoms with E-state index in [1.54, 1.807) is 42.5 Å². The average Bonchev–Trinajstić information content (AvgIpc) is 2.94. The van der Waals surface area contributed by atoms with Crippen molar-refractivity contribution in [1.82, 2.24) is 4.90 Å². The number of carbonyl (C=O) groups excluding carboxylic acids is 3. The largest absolute Gasteiger partial charge is 0.493 e. The molecule has 2 aromatic carbocycles. The van der Waals surface area contributed by atoms with E-state index in [0.29, 0.717) is 27.5 Å². The minimum Gasteiger partial charge on any atom is -0.493 e. The van der Waals surface area contributed by atoms with Crippen molar-refractivity contribution in [2.75, 3.05) is 18.5 Å². The summed E-state index contributed by atoms with van der Waals surface area (Å²) in [4.78, 5) is 38.4. The van der Waals surface area contributed by atoms with Crippen molar-refractivity contribution >= 4 is 84.0 Å². The van der Waals surface area contributed by atoms with Crippen LogP contribution in [0.3, 0.4) is 0 Å². The number of hydrogen-bond donors (Lipinski definition) is 1. The summed E-state index contributed by atoms with van der Waals surface area (Å²) in [7, 11) is 0. The van der Waals surface area contributed by atoms with E-state index < -0.39 is 17.1 Å². The van der Waals surface area contributed by atoms with E-state index in [1.807, 2.05) is 6.92 Å². The van der Waals surface area contributed by atoms with Crippen LogP contribution in [-0.2, 0) is 9.59 Å². The maximum Gasteiger partial charge on any atom is 0.294 e. The first-order valence-electron chi connectivity index (χ1n) is 8.71. The van der Waals surface area contributed by atoms with Gasteiger partial charge >= 0.3 is 0 Å². The van der Waals surface area contributed by atoms with Crippen LogP contribution in [0.5, 0.6) is 5.75 Å². The molecule has 1 aliphatic heterocycles. The normalized spacial score (nSPS) is 15.1. The highest BCUT2D eigenvalue weighted by Crippen LogP contribution is 2.34. The molecular weight excluding hydrogens is 560 g/mol. The Kier molecular flexibility index (Phi) is 7.62. The number of anilines is 1. The smallest absolute Gasteiger partial charge is 0.294 e. The second-order valence-electron chi connectivity index (χ2n) is 6.07. The molecule has 10 heteroatoms. The lowest BCUT2D eigenvalue weighted by Crippen LogP contribution is -2.36. The molecule has 1 heterocycles. The highest BCUT2D eigenvalue weighted by molar-refractivity contribution is 9.10. The molecule has 6 nitrogen and oxygen atoms in total. The second kappa shape index (κ2) is 10.00. The summed E-state index contributed by atoms with van der Waals surface area (Å²) < 4.78 is 6.90. The fraction of sp³-hybridized carbons (Fsp3) is 0.150. The number of imide groups is 1. The molecule has 1 fully saturated rings. The molecule has 0 aromatic heterocycles. The standard InChI is InChI=1S/C20H15Br2ClN2O4S/c1-2-29-16-6-3-11(7-14(16)22)8-17-19(27)25(20(28)30-17)10-18(26)24-12-4-5-13(21)15(23)9-12/h3-9H,2,10H2,1H3,(H,24,26)/b17-8-. The number of carbonyl (C=O) groups is 3. The summed E-state index contributed by atoms with van der Waals surface area (Å²) in [5.41, 5.74) is 1.19. The summed E-state index contributed by atoms with van der Waals surface area (Å²) in [5, 5.41) is 2.56. The van der Waals surface area contributed by atoms with Crippen molar-refractivity contribution in [2.24, 2.45) is 0 Å². The molecule has 0 saturated carbocycles. The molecule has 30 heavy (non-hydrogen) atoms. The van der Waals surface area contributed by atoms with E-state index >= 15 is 0 Å². The first kappa shape index (κ1) is 22.9. The molecule has 1 aliphatic rings. The third-order valence-corrected chi connectivity index (χ3v) is 6.69. The Morgan fingerprint density at radius 1 is 1.20 bits per heavy atom. The SMILES string of the molecule is CCOc1ccc(/C=C2\SC(=O)N(CC(=O)Nc3ccc(Br)c(Cl)c3)C2=O)cc1Br. The number of hydrogen-bond acceptors (Lipinski definition) is 5. The highest BCUT2D eigenvalue weighted by atomic mass is 79.9. The Labute approximate surface area is 199 Å². The lowest BCUT2D eigenvalue weighted by atomic mass is 10.2. The maximum absolute atomic E-state index is 12.6. The minimum absolute atomic E-state index is 0.246. The lowest BCUT2D eigenvalue weighted by Gasteiger charge is -2.12. The molecule has 0 unspecified atom stereocenters. The predicted octanol–water partition coefficient (Wildman–Crippen LogP) is 5.94. The van der Waals surface area contributed by atoms with E-state index in [1.165, 1.54) is 0 Å². The quantitative estimate of drug-likeness (QED) is 0.433. The molecule has 0 radical (unpaired) electrons. The van der Waals surface area contributed by atoms with Crippen molar-refractivity contribution in [3.8, 4) is 5.75 Å². The number of benzene rings is 2. The molecule has 156 valence electrons. The predicted molar refractivity (Wildman–Crippen MR) is 126 cm³/mol. The van der Waals surface area contributed by atoms with Crippen molar-refractivity contribution in [3.05, 3.63) is 60.8 Å². The van der Waals surface area contributed by atoms with Gasteiger partial charge in [0.2, 0.25) is 5.91 Å². The van der Waals surface area contributed by atoms with Crippen molar-refractivity contribution in [1.29, 1.82) is 0 Å². The second-order valence-corrected chi connectivity index (χ2v) is 9.18. The van der Waals surface area contributed by atoms with Gasteiger partial charge in [-0.2, -0.15) is 0 Å². The summed E-state index contributed by atoms with van der Waals surface area (Å²) in [6, 6.07) is 10.3. The fourth-order valence-electron chi connectivity index (χ4n) is 2.59. The Morgan fingerprint density at radius 3 is 2.63 bits per heavy atom. The topological polar surface area (TPSA) is 75.7 Å². The van der Waals surface area contributed by atoms with E-state index in [4.69, 9.17) is 16.3 Å². The van der Waals surface area contributed by atoms with Gasteiger partial charge in [-0.05, 0) is 92.5 Å². The number of ether oxygens (including phenoxy) is 1. The average molecular weight is 575 g/mol. The number of nitrogens with one attached hydrogen (secondary N) is 1. The van der Waals surface area contributed by atoms with E-state index in [9.17, 15) is 14.4 Å². The van der Waals surface area contributed by atoms with Gasteiger partial charge in [0.15, 0.2) is 0 Å². The van der Waals surface area contributed by atoms with Crippen LogP contribution < -0.4 is 10.1 Å². The first-order chi connectivity index (χ1) is 14.3. The first-order valence-corrected chi connectivity index (χ1v) is 11.5. The van der Waals surface area contributed by atoms with E-state index in [0.717, 1.165) is 26.7 Å². The van der Waals surface area contributed by atoms with Gasteiger partial charge in [0.05, 0.1) is 21.0 Å². The molecule has 0 spiro atoms. The monoisotopic (exact) mass is 572 g/mol. The van der Waals surface area contributed by atoms with Gasteiger partial charge in [0.25, 0.3) is 11.1 Å². The molecule has 1 saturated heterocycles. The van der Waals surface area contributed by atoms with Crippen molar-refractivity contribution in [2.45, 2.75) is 6.92 Å². The molecular formula is C20H15Br2ClN2O4S. The zero-order chi connectivity index (χ0) is 21.8. The zero-order valence-electron chi connectivity index (χ0n) is 15.6. The molecule has 0 atom stereocenters. The number of thioether (sulfide) groups is 1. The molecule has 0 aliphatic carbocycles. The van der Waals surface area contributed by atoms with Crippen LogP contribution in [0.4, 0.5) is 10.5 Å². The number of amides is 3. The van der Waals surface area contributed by atoms with Gasteiger partial charge in [0, 0.05) is 10.2 Å². The third-order valence-electron chi connectivity index (χ3n) is 3.93. The zero-order valence-corrected chi connectivity index (χ0v) is 20.3. The van der Waals surface area contributed by atoms with Gasteiger partial charge in [-0.3, -0.25) is 19.3 Å². The summed E-state index contributed by atoms with van der Waals surface area (Å²) >= 11 is 13.5. The maximum atomic E-state index is 12.6. The molecule has 3 amide bonds. The summed E-state index contributed by atoms with van der Waals surface area (Å²) in [6.07, 6.45) is 1.61. The van der Waals surface area contributed by atoms with Crippen LogP contribution in [0.2, 0.25) is 5.02 Å². The Hall–Kier alpha value is -1.81. The molecule has 2 aromatic rings. The number of halogens is 3. The van der Waals surface area contributed by atoms with Crippen LogP contribution in [0, 0.1) is 0 Å². The molecule has 1 N–H and O–H groups in total.